The van der Waals surface area contributed by atoms with Crippen LogP contribution in [0.2, 0.25) is 0 Å². The van der Waals surface area contributed by atoms with Gasteiger partial charge in [-0.1, -0.05) is 0 Å². The molecule has 104 valence electrons. The lowest BCUT2D eigenvalue weighted by atomic mass is 10.1. The van der Waals surface area contributed by atoms with Crippen LogP contribution in [0.5, 0.6) is 5.75 Å². The van der Waals surface area contributed by atoms with E-state index < -0.39 is 0 Å². The van der Waals surface area contributed by atoms with Crippen molar-refractivity contribution in [3.63, 3.8) is 0 Å². The average molecular weight is 270 g/mol. The Labute approximate surface area is 119 Å². The van der Waals surface area contributed by atoms with Crippen molar-refractivity contribution >= 4 is 0 Å². The second kappa shape index (κ2) is 6.27. The van der Waals surface area contributed by atoms with Crippen LogP contribution in [0.25, 0.3) is 0 Å². The number of hydrogen-bond acceptors (Lipinski definition) is 4. The first kappa shape index (κ1) is 14.2. The van der Waals surface area contributed by atoms with Crippen molar-refractivity contribution in [2.24, 2.45) is 0 Å². The van der Waals surface area contributed by atoms with Crippen LogP contribution in [-0.2, 0) is 6.54 Å². The number of methoxy groups -OCH3 is 1. The molecule has 0 saturated heterocycles. The lowest BCUT2D eigenvalue weighted by Gasteiger charge is -2.14. The summed E-state index contributed by atoms with van der Waals surface area (Å²) in [7, 11) is 1.63. The van der Waals surface area contributed by atoms with Crippen LogP contribution in [0.3, 0.4) is 0 Å². The predicted molar refractivity (Wildman–Crippen MR) is 76.4 cm³/mol. The Morgan fingerprint density at radius 3 is 2.75 bits per heavy atom. The van der Waals surface area contributed by atoms with Crippen molar-refractivity contribution in [2.75, 3.05) is 7.11 Å². The van der Waals surface area contributed by atoms with Crippen LogP contribution in [0.1, 0.15) is 35.6 Å². The van der Waals surface area contributed by atoms with Gasteiger partial charge in [-0.2, -0.15) is 5.26 Å². The Morgan fingerprint density at radius 2 is 2.15 bits per heavy atom. The van der Waals surface area contributed by atoms with E-state index in [0.717, 1.165) is 22.8 Å². The fraction of sp³-hybridized carbons (Fsp3) is 0.312. The van der Waals surface area contributed by atoms with Gasteiger partial charge in [0.25, 0.3) is 0 Å². The number of furan rings is 1. The molecule has 1 aromatic heterocycles. The van der Waals surface area contributed by atoms with E-state index in [1.54, 1.807) is 13.2 Å². The Kier molecular flexibility index (Phi) is 4.44. The molecule has 0 aliphatic heterocycles. The Bertz CT molecular complexity index is 626. The van der Waals surface area contributed by atoms with Gasteiger partial charge in [0.1, 0.15) is 17.3 Å². The van der Waals surface area contributed by atoms with Crippen LogP contribution in [0, 0.1) is 18.3 Å². The van der Waals surface area contributed by atoms with Crippen molar-refractivity contribution in [3.8, 4) is 11.8 Å². The topological polar surface area (TPSA) is 58.2 Å². The minimum absolute atomic E-state index is 0.0964. The summed E-state index contributed by atoms with van der Waals surface area (Å²) in [5.74, 6) is 2.58. The van der Waals surface area contributed by atoms with Crippen molar-refractivity contribution < 1.29 is 9.15 Å². The fourth-order valence-electron chi connectivity index (χ4n) is 2.04. The van der Waals surface area contributed by atoms with E-state index in [1.165, 1.54) is 0 Å². The molecule has 0 saturated carbocycles. The monoisotopic (exact) mass is 270 g/mol. The number of hydrogen-bond donors (Lipinski definition) is 1. The summed E-state index contributed by atoms with van der Waals surface area (Å²) in [5, 5.41) is 12.3. The smallest absolute Gasteiger partial charge is 0.123 e. The molecule has 0 radical (unpaired) electrons. The zero-order chi connectivity index (χ0) is 14.5. The normalized spacial score (nSPS) is 11.9. The zero-order valence-corrected chi connectivity index (χ0v) is 11.9. The van der Waals surface area contributed by atoms with Gasteiger partial charge >= 0.3 is 0 Å². The highest BCUT2D eigenvalue weighted by atomic mass is 16.5. The molecule has 4 nitrogen and oxygen atoms in total. The number of rotatable bonds is 5. The highest BCUT2D eigenvalue weighted by Gasteiger charge is 2.11. The fourth-order valence-corrected chi connectivity index (χ4v) is 2.04. The number of nitrogens with one attached hydrogen (secondary N) is 1. The van der Waals surface area contributed by atoms with E-state index in [0.29, 0.717) is 12.1 Å². The van der Waals surface area contributed by atoms with Crippen LogP contribution in [0.4, 0.5) is 0 Å². The minimum Gasteiger partial charge on any atom is -0.496 e. The van der Waals surface area contributed by atoms with Gasteiger partial charge in [0.2, 0.25) is 0 Å². The number of nitrogens with zero attached hydrogens (tertiary/aromatic N) is 1. The van der Waals surface area contributed by atoms with Gasteiger partial charge in [0, 0.05) is 12.1 Å². The van der Waals surface area contributed by atoms with Gasteiger partial charge in [0.15, 0.2) is 0 Å². The van der Waals surface area contributed by atoms with E-state index in [4.69, 9.17) is 14.4 Å². The molecule has 0 aliphatic rings. The summed E-state index contributed by atoms with van der Waals surface area (Å²) in [6.07, 6.45) is 0. The molecule has 1 atom stereocenters. The third-order valence-corrected chi connectivity index (χ3v) is 3.20. The van der Waals surface area contributed by atoms with Crippen LogP contribution in [-0.4, -0.2) is 7.11 Å². The molecule has 1 unspecified atom stereocenters. The van der Waals surface area contributed by atoms with E-state index in [1.807, 2.05) is 38.1 Å². The molecule has 2 aromatic rings. The van der Waals surface area contributed by atoms with Crippen LogP contribution in [0.15, 0.2) is 34.7 Å². The average Bonchev–Trinajstić information content (AvgIpc) is 2.91. The minimum atomic E-state index is 0.0964. The largest absolute Gasteiger partial charge is 0.496 e. The van der Waals surface area contributed by atoms with Crippen molar-refractivity contribution in [3.05, 3.63) is 53.0 Å². The van der Waals surface area contributed by atoms with Crippen LogP contribution >= 0.6 is 0 Å². The third kappa shape index (κ3) is 3.19. The van der Waals surface area contributed by atoms with E-state index in [9.17, 15) is 0 Å². The second-order valence-corrected chi connectivity index (χ2v) is 4.69. The molecule has 20 heavy (non-hydrogen) atoms. The standard InChI is InChI=1S/C16H18N2O2/c1-11-4-6-15(20-11)12(2)18-10-14-8-13(9-17)5-7-16(14)19-3/h4-8,12,18H,10H2,1-3H3. The Balaban J connectivity index is 2.08. The Hall–Kier alpha value is -2.25. The molecule has 1 N–H and O–H groups in total. The quantitative estimate of drug-likeness (QED) is 0.905. The first-order chi connectivity index (χ1) is 9.63. The summed E-state index contributed by atoms with van der Waals surface area (Å²) in [5.41, 5.74) is 1.59. The summed E-state index contributed by atoms with van der Waals surface area (Å²) in [6, 6.07) is 11.6. The molecule has 2 rings (SSSR count). The molecule has 0 fully saturated rings. The number of benzene rings is 1. The molecule has 0 bridgehead atoms. The van der Waals surface area contributed by atoms with Gasteiger partial charge in [-0.15, -0.1) is 0 Å². The SMILES string of the molecule is COc1ccc(C#N)cc1CNC(C)c1ccc(C)o1. The second-order valence-electron chi connectivity index (χ2n) is 4.69. The van der Waals surface area contributed by atoms with Gasteiger partial charge in [-0.05, 0) is 44.2 Å². The Morgan fingerprint density at radius 1 is 1.35 bits per heavy atom. The molecular weight excluding hydrogens is 252 g/mol. The molecule has 0 aliphatic carbocycles. The van der Waals surface area contributed by atoms with Gasteiger partial charge in [-0.25, -0.2) is 0 Å². The van der Waals surface area contributed by atoms with Gasteiger partial charge in [0.05, 0.1) is 24.8 Å². The van der Waals surface area contributed by atoms with Crippen molar-refractivity contribution in [1.29, 1.82) is 5.26 Å². The lowest BCUT2D eigenvalue weighted by Crippen LogP contribution is -2.18. The first-order valence-electron chi connectivity index (χ1n) is 6.50. The summed E-state index contributed by atoms with van der Waals surface area (Å²) in [6.45, 7) is 4.58. The maximum atomic E-state index is 8.96. The molecule has 0 amide bonds. The zero-order valence-electron chi connectivity index (χ0n) is 11.9. The summed E-state index contributed by atoms with van der Waals surface area (Å²) < 4.78 is 10.9. The number of ether oxygens (including phenoxy) is 1. The lowest BCUT2D eigenvalue weighted by molar-refractivity contribution is 0.395. The third-order valence-electron chi connectivity index (χ3n) is 3.20. The summed E-state index contributed by atoms with van der Waals surface area (Å²) in [4.78, 5) is 0. The highest BCUT2D eigenvalue weighted by molar-refractivity contribution is 5.42. The molecule has 1 heterocycles. The first-order valence-corrected chi connectivity index (χ1v) is 6.50. The van der Waals surface area contributed by atoms with Crippen molar-refractivity contribution in [2.45, 2.75) is 26.4 Å². The number of nitriles is 1. The van der Waals surface area contributed by atoms with E-state index in [2.05, 4.69) is 11.4 Å². The van der Waals surface area contributed by atoms with E-state index >= 15 is 0 Å². The molecular formula is C16H18N2O2. The van der Waals surface area contributed by atoms with Gasteiger partial charge in [-0.3, -0.25) is 0 Å². The number of aryl methyl sites for hydroxylation is 1. The maximum Gasteiger partial charge on any atom is 0.123 e. The van der Waals surface area contributed by atoms with Gasteiger partial charge < -0.3 is 14.5 Å². The molecule has 1 aromatic carbocycles. The summed E-state index contributed by atoms with van der Waals surface area (Å²) >= 11 is 0. The maximum absolute atomic E-state index is 8.96. The van der Waals surface area contributed by atoms with Crippen molar-refractivity contribution in [1.82, 2.24) is 5.32 Å². The highest BCUT2D eigenvalue weighted by Crippen LogP contribution is 2.21. The van der Waals surface area contributed by atoms with E-state index in [-0.39, 0.29) is 6.04 Å². The van der Waals surface area contributed by atoms with Crippen LogP contribution < -0.4 is 10.1 Å². The molecule has 4 heteroatoms. The predicted octanol–water partition coefficient (Wildman–Crippen LogP) is 3.32. The molecule has 0 spiro atoms.